The van der Waals surface area contributed by atoms with Gasteiger partial charge in [0.25, 0.3) is 0 Å². The number of amides is 1. The predicted octanol–water partition coefficient (Wildman–Crippen LogP) is 2.12. The summed E-state index contributed by atoms with van der Waals surface area (Å²) in [7, 11) is 4.16. The van der Waals surface area contributed by atoms with E-state index in [9.17, 15) is 4.79 Å². The molecule has 1 fully saturated rings. The van der Waals surface area contributed by atoms with Crippen molar-refractivity contribution in [3.05, 3.63) is 29.8 Å². The summed E-state index contributed by atoms with van der Waals surface area (Å²) in [5, 5.41) is 0. The zero-order chi connectivity index (χ0) is 16.9. The number of carbonyl (C=O) groups is 1. The van der Waals surface area contributed by atoms with Crippen molar-refractivity contribution in [2.75, 3.05) is 46.9 Å². The number of hydrogen-bond donors (Lipinski definition) is 0. The number of carbonyl (C=O) groups excluding carboxylic acids is 1. The van der Waals surface area contributed by atoms with Crippen molar-refractivity contribution in [1.29, 1.82) is 0 Å². The third-order valence-electron chi connectivity index (χ3n) is 4.85. The summed E-state index contributed by atoms with van der Waals surface area (Å²) in [6.45, 7) is 3.91. The standard InChI is InChI=1S/C19H28N2O3/c1-20(2)10-5-13-23-15-8-11-21(12-9-15)19(22)17-14-24-18-7-4-3-6-16(17)18/h3-4,6-7,15,17H,5,8-14H2,1-2H3/t17-/m0/s1. The van der Waals surface area contributed by atoms with Crippen LogP contribution in [-0.2, 0) is 9.53 Å². The average Bonchev–Trinajstić information content (AvgIpc) is 3.02. The molecule has 0 aliphatic carbocycles. The Morgan fingerprint density at radius 2 is 2.04 bits per heavy atom. The molecule has 1 aromatic carbocycles. The Morgan fingerprint density at radius 3 is 2.79 bits per heavy atom. The van der Waals surface area contributed by atoms with Gasteiger partial charge in [0.2, 0.25) is 5.91 Å². The van der Waals surface area contributed by atoms with Crippen molar-refractivity contribution in [2.45, 2.75) is 31.3 Å². The van der Waals surface area contributed by atoms with Crippen LogP contribution in [0.15, 0.2) is 24.3 Å². The van der Waals surface area contributed by atoms with Gasteiger partial charge in [-0.15, -0.1) is 0 Å². The van der Waals surface area contributed by atoms with Gasteiger partial charge in [0.1, 0.15) is 18.3 Å². The van der Waals surface area contributed by atoms with Gasteiger partial charge in [0, 0.05) is 25.3 Å². The minimum Gasteiger partial charge on any atom is -0.492 e. The number of nitrogens with zero attached hydrogens (tertiary/aromatic N) is 2. The molecule has 0 unspecified atom stereocenters. The first-order chi connectivity index (χ1) is 11.6. The van der Waals surface area contributed by atoms with E-state index in [2.05, 4.69) is 19.0 Å². The first-order valence-electron chi connectivity index (χ1n) is 8.92. The van der Waals surface area contributed by atoms with Crippen molar-refractivity contribution >= 4 is 5.91 Å². The Hall–Kier alpha value is -1.59. The third kappa shape index (κ3) is 4.08. The summed E-state index contributed by atoms with van der Waals surface area (Å²) >= 11 is 0. The highest BCUT2D eigenvalue weighted by Gasteiger charge is 2.34. The molecule has 2 aliphatic heterocycles. The van der Waals surface area contributed by atoms with Gasteiger partial charge in [-0.05, 0) is 46.0 Å². The molecule has 0 N–H and O–H groups in total. The summed E-state index contributed by atoms with van der Waals surface area (Å²) in [4.78, 5) is 17.0. The van der Waals surface area contributed by atoms with E-state index < -0.39 is 0 Å². The lowest BCUT2D eigenvalue weighted by atomic mass is 9.98. The molecule has 1 atom stereocenters. The SMILES string of the molecule is CN(C)CCCOC1CCN(C(=O)[C@H]2COc3ccccc32)CC1. The lowest BCUT2D eigenvalue weighted by Crippen LogP contribution is -2.43. The number of fused-ring (bicyclic) bond motifs is 1. The van der Waals surface area contributed by atoms with E-state index in [4.69, 9.17) is 9.47 Å². The molecule has 2 aliphatic rings. The number of ether oxygens (including phenoxy) is 2. The van der Waals surface area contributed by atoms with Crippen LogP contribution in [0.2, 0.25) is 0 Å². The Balaban J connectivity index is 1.44. The highest BCUT2D eigenvalue weighted by molar-refractivity contribution is 5.85. The molecule has 1 amide bonds. The molecular weight excluding hydrogens is 304 g/mol. The molecule has 0 radical (unpaired) electrons. The quantitative estimate of drug-likeness (QED) is 0.749. The highest BCUT2D eigenvalue weighted by Crippen LogP contribution is 2.35. The van der Waals surface area contributed by atoms with E-state index in [0.717, 1.165) is 56.8 Å². The molecule has 0 bridgehead atoms. The van der Waals surface area contributed by atoms with E-state index in [1.807, 2.05) is 29.2 Å². The van der Waals surface area contributed by atoms with E-state index in [1.165, 1.54) is 0 Å². The second-order valence-corrected chi connectivity index (χ2v) is 6.95. The van der Waals surface area contributed by atoms with Gasteiger partial charge >= 0.3 is 0 Å². The number of likely N-dealkylation sites (tertiary alicyclic amines) is 1. The predicted molar refractivity (Wildman–Crippen MR) is 93.4 cm³/mol. The Bertz CT molecular complexity index is 553. The molecule has 5 heteroatoms. The minimum atomic E-state index is -0.140. The van der Waals surface area contributed by atoms with Crippen LogP contribution in [0.3, 0.4) is 0 Å². The van der Waals surface area contributed by atoms with Gasteiger partial charge < -0.3 is 19.3 Å². The fourth-order valence-corrected chi connectivity index (χ4v) is 3.46. The van der Waals surface area contributed by atoms with Crippen LogP contribution < -0.4 is 4.74 Å². The molecule has 132 valence electrons. The molecular formula is C19H28N2O3. The highest BCUT2D eigenvalue weighted by atomic mass is 16.5. The maximum absolute atomic E-state index is 12.8. The van der Waals surface area contributed by atoms with Crippen molar-refractivity contribution in [2.24, 2.45) is 0 Å². The zero-order valence-corrected chi connectivity index (χ0v) is 14.7. The van der Waals surface area contributed by atoms with E-state index in [0.29, 0.717) is 12.7 Å². The summed E-state index contributed by atoms with van der Waals surface area (Å²) < 4.78 is 11.6. The summed E-state index contributed by atoms with van der Waals surface area (Å²) in [5.74, 6) is 0.916. The van der Waals surface area contributed by atoms with E-state index in [-0.39, 0.29) is 11.8 Å². The fraction of sp³-hybridized carbons (Fsp3) is 0.632. The molecule has 1 aromatic rings. The lowest BCUT2D eigenvalue weighted by molar-refractivity contribution is -0.135. The number of benzene rings is 1. The molecule has 1 saturated heterocycles. The first kappa shape index (κ1) is 17.2. The number of rotatable bonds is 6. The average molecular weight is 332 g/mol. The largest absolute Gasteiger partial charge is 0.492 e. The molecule has 0 aromatic heterocycles. The minimum absolute atomic E-state index is 0.140. The lowest BCUT2D eigenvalue weighted by Gasteiger charge is -2.33. The smallest absolute Gasteiger partial charge is 0.233 e. The summed E-state index contributed by atoms with van der Waals surface area (Å²) in [6, 6.07) is 7.87. The van der Waals surface area contributed by atoms with Crippen LogP contribution in [-0.4, -0.2) is 68.8 Å². The van der Waals surface area contributed by atoms with Gasteiger partial charge in [-0.2, -0.15) is 0 Å². The van der Waals surface area contributed by atoms with Crippen LogP contribution in [0.25, 0.3) is 0 Å². The monoisotopic (exact) mass is 332 g/mol. The van der Waals surface area contributed by atoms with Gasteiger partial charge in [0.15, 0.2) is 0 Å². The molecule has 5 nitrogen and oxygen atoms in total. The van der Waals surface area contributed by atoms with Crippen LogP contribution in [0.1, 0.15) is 30.7 Å². The van der Waals surface area contributed by atoms with Crippen molar-refractivity contribution < 1.29 is 14.3 Å². The molecule has 3 rings (SSSR count). The van der Waals surface area contributed by atoms with Crippen LogP contribution in [0.5, 0.6) is 5.75 Å². The Labute approximate surface area is 144 Å². The zero-order valence-electron chi connectivity index (χ0n) is 14.7. The summed E-state index contributed by atoms with van der Waals surface area (Å²) in [6.07, 6.45) is 3.22. The second kappa shape index (κ2) is 7.99. The first-order valence-corrected chi connectivity index (χ1v) is 8.92. The Kier molecular flexibility index (Phi) is 5.74. The van der Waals surface area contributed by atoms with E-state index >= 15 is 0 Å². The Morgan fingerprint density at radius 1 is 1.29 bits per heavy atom. The van der Waals surface area contributed by atoms with Crippen molar-refractivity contribution in [1.82, 2.24) is 9.80 Å². The molecule has 2 heterocycles. The summed E-state index contributed by atoms with van der Waals surface area (Å²) in [5.41, 5.74) is 1.03. The third-order valence-corrected chi connectivity index (χ3v) is 4.85. The van der Waals surface area contributed by atoms with Crippen LogP contribution in [0.4, 0.5) is 0 Å². The molecule has 0 saturated carbocycles. The number of para-hydroxylation sites is 1. The van der Waals surface area contributed by atoms with E-state index in [1.54, 1.807) is 0 Å². The second-order valence-electron chi connectivity index (χ2n) is 6.95. The number of hydrogen-bond acceptors (Lipinski definition) is 4. The maximum Gasteiger partial charge on any atom is 0.233 e. The van der Waals surface area contributed by atoms with Gasteiger partial charge in [-0.3, -0.25) is 4.79 Å². The van der Waals surface area contributed by atoms with Crippen molar-refractivity contribution in [3.63, 3.8) is 0 Å². The topological polar surface area (TPSA) is 42.0 Å². The van der Waals surface area contributed by atoms with Gasteiger partial charge in [-0.1, -0.05) is 18.2 Å². The van der Waals surface area contributed by atoms with Crippen LogP contribution >= 0.6 is 0 Å². The normalized spacial score (nSPS) is 21.0. The van der Waals surface area contributed by atoms with Crippen molar-refractivity contribution in [3.8, 4) is 5.75 Å². The fourth-order valence-electron chi connectivity index (χ4n) is 3.46. The van der Waals surface area contributed by atoms with Gasteiger partial charge in [-0.25, -0.2) is 0 Å². The maximum atomic E-state index is 12.8. The molecule has 24 heavy (non-hydrogen) atoms. The van der Waals surface area contributed by atoms with Crippen LogP contribution in [0, 0.1) is 0 Å². The van der Waals surface area contributed by atoms with Gasteiger partial charge in [0.05, 0.1) is 6.10 Å². The molecule has 0 spiro atoms. The number of piperidine rings is 1.